The Morgan fingerprint density at radius 3 is 2.43 bits per heavy atom. The van der Waals surface area contributed by atoms with Crippen LogP contribution in [0.1, 0.15) is 32.8 Å². The van der Waals surface area contributed by atoms with Crippen molar-refractivity contribution in [2.75, 3.05) is 34.2 Å². The molecule has 1 fully saturated rings. The first kappa shape index (κ1) is 23.9. The van der Waals surface area contributed by atoms with Gasteiger partial charge in [0.05, 0.1) is 10.9 Å². The van der Waals surface area contributed by atoms with Crippen molar-refractivity contribution in [3.63, 3.8) is 0 Å². The monoisotopic (exact) mass is 439 g/mol. The molecular weight excluding hydrogens is 406 g/mol. The van der Waals surface area contributed by atoms with Gasteiger partial charge in [0.1, 0.15) is 5.60 Å². The van der Waals surface area contributed by atoms with E-state index in [1.54, 1.807) is 31.3 Å². The van der Waals surface area contributed by atoms with Crippen LogP contribution in [0, 0.1) is 0 Å². The number of alkyl carbamates (subject to hydrolysis) is 1. The number of nitrogens with one attached hydrogen (secondary N) is 2. The normalized spacial score (nSPS) is 17.9. The minimum Gasteiger partial charge on any atom is -0.444 e. The van der Waals surface area contributed by atoms with E-state index in [2.05, 4.69) is 20.5 Å². The van der Waals surface area contributed by atoms with Gasteiger partial charge in [0.15, 0.2) is 5.96 Å². The third-order valence-electron chi connectivity index (χ3n) is 4.57. The summed E-state index contributed by atoms with van der Waals surface area (Å²) in [6.07, 6.45) is 0.391. The van der Waals surface area contributed by atoms with E-state index in [1.165, 1.54) is 18.4 Å². The molecule has 0 aliphatic carbocycles. The standard InChI is InChI=1S/C20H33N5O4S/c1-20(2,3)29-19(26)23-16-11-12-25(14-16)18(21-4)22-13-15-7-9-17(10-8-15)30(27,28)24(5)6/h7-10,16H,11-14H2,1-6H3,(H,21,22)(H,23,26). The lowest BCUT2D eigenvalue weighted by Gasteiger charge is -2.23. The lowest BCUT2D eigenvalue weighted by molar-refractivity contribution is 0.0507. The number of rotatable bonds is 5. The van der Waals surface area contributed by atoms with E-state index in [0.717, 1.165) is 24.5 Å². The molecule has 0 spiro atoms. The lowest BCUT2D eigenvalue weighted by Crippen LogP contribution is -2.44. The average Bonchev–Trinajstić information content (AvgIpc) is 3.09. The first-order valence-electron chi connectivity index (χ1n) is 9.89. The summed E-state index contributed by atoms with van der Waals surface area (Å²) >= 11 is 0. The molecule has 1 aromatic rings. The quantitative estimate of drug-likeness (QED) is 0.534. The van der Waals surface area contributed by atoms with Crippen molar-refractivity contribution in [2.45, 2.75) is 50.3 Å². The number of hydrogen-bond acceptors (Lipinski definition) is 5. The van der Waals surface area contributed by atoms with E-state index < -0.39 is 21.7 Å². The fourth-order valence-electron chi connectivity index (χ4n) is 3.05. The third-order valence-corrected chi connectivity index (χ3v) is 6.40. The van der Waals surface area contributed by atoms with Gasteiger partial charge in [-0.1, -0.05) is 12.1 Å². The zero-order chi connectivity index (χ0) is 22.5. The Morgan fingerprint density at radius 2 is 1.90 bits per heavy atom. The van der Waals surface area contributed by atoms with Gasteiger partial charge < -0.3 is 20.3 Å². The smallest absolute Gasteiger partial charge is 0.407 e. The molecule has 30 heavy (non-hydrogen) atoms. The number of sulfonamides is 1. The molecule has 10 heteroatoms. The van der Waals surface area contributed by atoms with Crippen molar-refractivity contribution >= 4 is 22.1 Å². The van der Waals surface area contributed by atoms with Crippen molar-refractivity contribution in [2.24, 2.45) is 4.99 Å². The zero-order valence-electron chi connectivity index (χ0n) is 18.6. The number of guanidine groups is 1. The second kappa shape index (κ2) is 9.65. The van der Waals surface area contributed by atoms with Crippen LogP contribution in [0.5, 0.6) is 0 Å². The Bertz CT molecular complexity index is 860. The molecule has 1 aromatic carbocycles. The van der Waals surface area contributed by atoms with Crippen LogP contribution in [-0.4, -0.2) is 75.6 Å². The topological polar surface area (TPSA) is 103 Å². The van der Waals surface area contributed by atoms with Crippen molar-refractivity contribution < 1.29 is 17.9 Å². The molecule has 1 heterocycles. The first-order chi connectivity index (χ1) is 13.9. The van der Waals surface area contributed by atoms with E-state index in [0.29, 0.717) is 13.1 Å². The number of aliphatic imine (C=N–C) groups is 1. The van der Waals surface area contributed by atoms with Crippen LogP contribution in [0.4, 0.5) is 4.79 Å². The van der Waals surface area contributed by atoms with Crippen LogP contribution in [0.15, 0.2) is 34.2 Å². The van der Waals surface area contributed by atoms with Crippen LogP contribution >= 0.6 is 0 Å². The molecule has 2 N–H and O–H groups in total. The summed E-state index contributed by atoms with van der Waals surface area (Å²) in [5.74, 6) is 0.730. The maximum Gasteiger partial charge on any atom is 0.407 e. The van der Waals surface area contributed by atoms with Crippen LogP contribution in [0.2, 0.25) is 0 Å². The van der Waals surface area contributed by atoms with Gasteiger partial charge in [-0.3, -0.25) is 4.99 Å². The first-order valence-corrected chi connectivity index (χ1v) is 11.3. The fraction of sp³-hybridized carbons (Fsp3) is 0.600. The largest absolute Gasteiger partial charge is 0.444 e. The number of benzene rings is 1. The highest BCUT2D eigenvalue weighted by Crippen LogP contribution is 2.15. The van der Waals surface area contributed by atoms with Crippen LogP contribution in [0.3, 0.4) is 0 Å². The molecule has 1 unspecified atom stereocenters. The maximum atomic E-state index is 12.2. The number of amides is 1. The Kier molecular flexibility index (Phi) is 7.70. The molecule has 9 nitrogen and oxygen atoms in total. The highest BCUT2D eigenvalue weighted by Gasteiger charge is 2.27. The van der Waals surface area contributed by atoms with Gasteiger partial charge in [0.2, 0.25) is 10.0 Å². The molecule has 2 rings (SSSR count). The van der Waals surface area contributed by atoms with Gasteiger partial charge in [-0.05, 0) is 44.9 Å². The Hall–Kier alpha value is -2.33. The number of ether oxygens (including phenoxy) is 1. The van der Waals surface area contributed by atoms with Crippen LogP contribution in [0.25, 0.3) is 0 Å². The van der Waals surface area contributed by atoms with E-state index in [4.69, 9.17) is 4.74 Å². The third kappa shape index (κ3) is 6.60. The minimum absolute atomic E-state index is 0.00563. The maximum absolute atomic E-state index is 12.2. The summed E-state index contributed by atoms with van der Waals surface area (Å²) in [7, 11) is 1.30. The van der Waals surface area contributed by atoms with Crippen molar-refractivity contribution in [3.8, 4) is 0 Å². The highest BCUT2D eigenvalue weighted by atomic mass is 32.2. The average molecular weight is 440 g/mol. The molecule has 0 radical (unpaired) electrons. The van der Waals surface area contributed by atoms with Gasteiger partial charge in [0, 0.05) is 40.8 Å². The fourth-order valence-corrected chi connectivity index (χ4v) is 3.95. The molecule has 168 valence electrons. The highest BCUT2D eigenvalue weighted by molar-refractivity contribution is 7.89. The zero-order valence-corrected chi connectivity index (χ0v) is 19.4. The molecule has 1 aliphatic rings. The van der Waals surface area contributed by atoms with Gasteiger partial charge >= 0.3 is 6.09 Å². The summed E-state index contributed by atoms with van der Waals surface area (Å²) in [6.45, 7) is 7.42. The van der Waals surface area contributed by atoms with Crippen LogP contribution < -0.4 is 10.6 Å². The molecular formula is C20H33N5O4S. The van der Waals surface area contributed by atoms with Crippen molar-refractivity contribution in [3.05, 3.63) is 29.8 Å². The van der Waals surface area contributed by atoms with Crippen LogP contribution in [-0.2, 0) is 21.3 Å². The SMILES string of the molecule is CN=C(NCc1ccc(S(=O)(=O)N(C)C)cc1)N1CCC(NC(=O)OC(C)(C)C)C1. The summed E-state index contributed by atoms with van der Waals surface area (Å²) in [6, 6.07) is 6.77. The van der Waals surface area contributed by atoms with Gasteiger partial charge in [-0.25, -0.2) is 17.5 Å². The number of likely N-dealkylation sites (tertiary alicyclic amines) is 1. The summed E-state index contributed by atoms with van der Waals surface area (Å²) in [5.41, 5.74) is 0.415. The molecule has 1 saturated heterocycles. The summed E-state index contributed by atoms with van der Waals surface area (Å²) < 4.78 is 30.8. The second-order valence-electron chi connectivity index (χ2n) is 8.41. The predicted octanol–water partition coefficient (Wildman–Crippen LogP) is 1.61. The van der Waals surface area contributed by atoms with Gasteiger partial charge in [-0.15, -0.1) is 0 Å². The summed E-state index contributed by atoms with van der Waals surface area (Å²) in [4.78, 5) is 18.6. The lowest BCUT2D eigenvalue weighted by atomic mass is 10.2. The molecule has 0 saturated carbocycles. The van der Waals surface area contributed by atoms with E-state index in [1.807, 2.05) is 20.8 Å². The Labute approximate surface area is 179 Å². The van der Waals surface area contributed by atoms with Gasteiger partial charge in [-0.2, -0.15) is 0 Å². The second-order valence-corrected chi connectivity index (χ2v) is 10.6. The summed E-state index contributed by atoms with van der Waals surface area (Å²) in [5, 5.41) is 6.19. The van der Waals surface area contributed by atoms with Crippen molar-refractivity contribution in [1.29, 1.82) is 0 Å². The van der Waals surface area contributed by atoms with E-state index in [-0.39, 0.29) is 10.9 Å². The number of nitrogens with zero attached hydrogens (tertiary/aromatic N) is 3. The molecule has 0 bridgehead atoms. The Morgan fingerprint density at radius 1 is 1.27 bits per heavy atom. The molecule has 1 atom stereocenters. The number of hydrogen-bond donors (Lipinski definition) is 2. The molecule has 0 aromatic heterocycles. The van der Waals surface area contributed by atoms with Gasteiger partial charge in [0.25, 0.3) is 0 Å². The predicted molar refractivity (Wildman–Crippen MR) is 117 cm³/mol. The Balaban J connectivity index is 1.89. The number of carbonyl (C=O) groups is 1. The van der Waals surface area contributed by atoms with E-state index in [9.17, 15) is 13.2 Å². The molecule has 1 amide bonds. The minimum atomic E-state index is -3.43. The number of carbonyl (C=O) groups excluding carboxylic acids is 1. The van der Waals surface area contributed by atoms with E-state index >= 15 is 0 Å². The van der Waals surface area contributed by atoms with Crippen molar-refractivity contribution in [1.82, 2.24) is 19.8 Å². The molecule has 1 aliphatic heterocycles.